The van der Waals surface area contributed by atoms with Crippen molar-refractivity contribution in [3.05, 3.63) is 129 Å². The first-order chi connectivity index (χ1) is 21.5. The van der Waals surface area contributed by atoms with E-state index in [0.29, 0.717) is 34.3 Å². The lowest BCUT2D eigenvalue weighted by molar-refractivity contribution is -0.140. The summed E-state index contributed by atoms with van der Waals surface area (Å²) in [6, 6.07) is 26.8. The maximum absolute atomic E-state index is 14.5. The van der Waals surface area contributed by atoms with Crippen LogP contribution >= 0.6 is 23.2 Å². The van der Waals surface area contributed by atoms with E-state index in [0.717, 1.165) is 21.0 Å². The van der Waals surface area contributed by atoms with Crippen LogP contribution in [-0.2, 0) is 32.6 Å². The minimum Gasteiger partial charge on any atom is -0.354 e. The smallest absolute Gasteiger partial charge is 0.264 e. The Morgan fingerprint density at radius 2 is 1.49 bits per heavy atom. The molecule has 45 heavy (non-hydrogen) atoms. The molecule has 0 fully saturated rings. The third-order valence-corrected chi connectivity index (χ3v) is 10.1. The third-order valence-electron chi connectivity index (χ3n) is 7.61. The molecule has 236 valence electrons. The Morgan fingerprint density at radius 3 is 2.13 bits per heavy atom. The number of halogens is 2. The van der Waals surface area contributed by atoms with E-state index in [1.807, 2.05) is 57.2 Å². The SMILES string of the molecule is CCCNC(=O)[C@@H](Cc1ccccc1)N(Cc1ccc(Cl)c(Cl)c1)C(=O)CN(c1cccc(C)c1C)S(=O)(=O)c1ccccc1. The lowest BCUT2D eigenvalue weighted by Crippen LogP contribution is -2.53. The monoisotopic (exact) mass is 665 g/mol. The maximum atomic E-state index is 14.5. The Labute approximate surface area is 275 Å². The molecule has 0 spiro atoms. The fraction of sp³-hybridized carbons (Fsp3) is 0.257. The first-order valence-electron chi connectivity index (χ1n) is 14.7. The molecule has 4 rings (SSSR count). The van der Waals surface area contributed by atoms with E-state index in [-0.39, 0.29) is 23.8 Å². The summed E-state index contributed by atoms with van der Waals surface area (Å²) in [5.74, 6) is -0.882. The van der Waals surface area contributed by atoms with E-state index >= 15 is 0 Å². The first kappa shape index (κ1) is 34.0. The zero-order valence-electron chi connectivity index (χ0n) is 25.5. The first-order valence-corrected chi connectivity index (χ1v) is 16.9. The highest BCUT2D eigenvalue weighted by atomic mass is 35.5. The molecular weight excluding hydrogens is 629 g/mol. The zero-order chi connectivity index (χ0) is 32.6. The molecule has 4 aromatic carbocycles. The Bertz CT molecular complexity index is 1730. The molecule has 0 aliphatic rings. The molecule has 0 heterocycles. The van der Waals surface area contributed by atoms with Crippen LogP contribution in [0.4, 0.5) is 5.69 Å². The van der Waals surface area contributed by atoms with Crippen molar-refractivity contribution < 1.29 is 18.0 Å². The summed E-state index contributed by atoms with van der Waals surface area (Å²) in [7, 11) is -4.18. The van der Waals surface area contributed by atoms with Gasteiger partial charge in [-0.05, 0) is 72.9 Å². The van der Waals surface area contributed by atoms with Gasteiger partial charge in [0.25, 0.3) is 10.0 Å². The topological polar surface area (TPSA) is 86.8 Å². The predicted molar refractivity (Wildman–Crippen MR) is 181 cm³/mol. The Hall–Kier alpha value is -3.85. The molecule has 0 saturated heterocycles. The van der Waals surface area contributed by atoms with Gasteiger partial charge in [-0.2, -0.15) is 0 Å². The van der Waals surface area contributed by atoms with Crippen molar-refractivity contribution in [3.63, 3.8) is 0 Å². The van der Waals surface area contributed by atoms with Gasteiger partial charge < -0.3 is 10.2 Å². The highest BCUT2D eigenvalue weighted by Gasteiger charge is 2.35. The van der Waals surface area contributed by atoms with Gasteiger partial charge >= 0.3 is 0 Å². The van der Waals surface area contributed by atoms with Gasteiger partial charge in [0.05, 0.1) is 20.6 Å². The number of aryl methyl sites for hydroxylation is 1. The van der Waals surface area contributed by atoms with Crippen LogP contribution in [0.3, 0.4) is 0 Å². The summed E-state index contributed by atoms with van der Waals surface area (Å²) >= 11 is 12.5. The third kappa shape index (κ3) is 8.45. The Balaban J connectivity index is 1.83. The molecule has 0 aliphatic carbocycles. The highest BCUT2D eigenvalue weighted by Crippen LogP contribution is 2.30. The van der Waals surface area contributed by atoms with Gasteiger partial charge in [-0.15, -0.1) is 0 Å². The van der Waals surface area contributed by atoms with Crippen LogP contribution in [0.15, 0.2) is 102 Å². The van der Waals surface area contributed by atoms with Gasteiger partial charge in [0.2, 0.25) is 11.8 Å². The molecule has 1 atom stereocenters. The van der Waals surface area contributed by atoms with E-state index in [4.69, 9.17) is 23.2 Å². The van der Waals surface area contributed by atoms with E-state index in [9.17, 15) is 18.0 Å². The second-order valence-corrected chi connectivity index (χ2v) is 13.5. The predicted octanol–water partition coefficient (Wildman–Crippen LogP) is 6.97. The number of carbonyl (C=O) groups excluding carboxylic acids is 2. The average molecular weight is 667 g/mol. The number of sulfonamides is 1. The van der Waals surface area contributed by atoms with Crippen molar-refractivity contribution in [2.24, 2.45) is 0 Å². The highest BCUT2D eigenvalue weighted by molar-refractivity contribution is 7.92. The number of amides is 2. The number of hydrogen-bond acceptors (Lipinski definition) is 4. The minimum absolute atomic E-state index is 0.00120. The zero-order valence-corrected chi connectivity index (χ0v) is 27.9. The van der Waals surface area contributed by atoms with Crippen LogP contribution in [0, 0.1) is 13.8 Å². The van der Waals surface area contributed by atoms with Gasteiger partial charge in [-0.3, -0.25) is 13.9 Å². The molecule has 0 aromatic heterocycles. The van der Waals surface area contributed by atoms with Crippen LogP contribution in [-0.4, -0.2) is 44.3 Å². The van der Waals surface area contributed by atoms with Crippen molar-refractivity contribution in [2.45, 2.75) is 51.1 Å². The largest absolute Gasteiger partial charge is 0.354 e. The molecule has 0 aliphatic heterocycles. The number of benzene rings is 4. The normalized spacial score (nSPS) is 11.9. The van der Waals surface area contributed by atoms with E-state index in [1.54, 1.807) is 48.5 Å². The molecule has 0 saturated carbocycles. The molecule has 0 radical (unpaired) electrons. The number of anilines is 1. The number of nitrogens with one attached hydrogen (secondary N) is 1. The van der Waals surface area contributed by atoms with Crippen molar-refractivity contribution in [1.82, 2.24) is 10.2 Å². The molecule has 7 nitrogen and oxygen atoms in total. The summed E-state index contributed by atoms with van der Waals surface area (Å²) < 4.78 is 29.5. The summed E-state index contributed by atoms with van der Waals surface area (Å²) in [6.45, 7) is 5.55. The van der Waals surface area contributed by atoms with Gasteiger partial charge in [0.15, 0.2) is 0 Å². The van der Waals surface area contributed by atoms with Crippen molar-refractivity contribution >= 4 is 50.7 Å². The number of rotatable bonds is 13. The molecule has 2 amide bonds. The maximum Gasteiger partial charge on any atom is 0.264 e. The standard InChI is InChI=1S/C35H37Cl2N3O4S/c1-4-20-38-35(42)33(22-27-13-7-5-8-14-27)39(23-28-18-19-30(36)31(37)21-28)34(41)24-40(32-17-11-12-25(2)26(32)3)45(43,44)29-15-9-6-10-16-29/h5-19,21,33H,4,20,22-24H2,1-3H3,(H,38,42)/t33-/m1/s1. The minimum atomic E-state index is -4.18. The fourth-order valence-electron chi connectivity index (χ4n) is 4.99. The average Bonchev–Trinajstić information content (AvgIpc) is 3.04. The van der Waals surface area contributed by atoms with E-state index in [2.05, 4.69) is 5.32 Å². The molecule has 0 bridgehead atoms. The van der Waals surface area contributed by atoms with Crippen LogP contribution < -0.4 is 9.62 Å². The van der Waals surface area contributed by atoms with Crippen LogP contribution in [0.1, 0.15) is 35.6 Å². The van der Waals surface area contributed by atoms with Crippen LogP contribution in [0.2, 0.25) is 10.0 Å². The van der Waals surface area contributed by atoms with Gasteiger partial charge in [0.1, 0.15) is 12.6 Å². The summed E-state index contributed by atoms with van der Waals surface area (Å²) in [5, 5.41) is 3.60. The van der Waals surface area contributed by atoms with Gasteiger partial charge in [-0.1, -0.05) is 96.9 Å². The van der Waals surface area contributed by atoms with E-state index < -0.39 is 28.5 Å². The molecule has 4 aromatic rings. The van der Waals surface area contributed by atoms with Crippen molar-refractivity contribution in [2.75, 3.05) is 17.4 Å². The van der Waals surface area contributed by atoms with Crippen molar-refractivity contribution in [3.8, 4) is 0 Å². The second-order valence-electron chi connectivity index (χ2n) is 10.8. The fourth-order valence-corrected chi connectivity index (χ4v) is 6.81. The van der Waals surface area contributed by atoms with E-state index in [1.165, 1.54) is 17.0 Å². The van der Waals surface area contributed by atoms with Crippen LogP contribution in [0.25, 0.3) is 0 Å². The number of carbonyl (C=O) groups is 2. The molecule has 0 unspecified atom stereocenters. The second kappa shape index (κ2) is 15.4. The molecular formula is C35H37Cl2N3O4S. The summed E-state index contributed by atoms with van der Waals surface area (Å²) in [6.07, 6.45) is 0.929. The van der Waals surface area contributed by atoms with Crippen LogP contribution in [0.5, 0.6) is 0 Å². The molecule has 1 N–H and O–H groups in total. The van der Waals surface area contributed by atoms with Crippen molar-refractivity contribution in [1.29, 1.82) is 0 Å². The quantitative estimate of drug-likeness (QED) is 0.167. The number of hydrogen-bond donors (Lipinski definition) is 1. The lowest BCUT2D eigenvalue weighted by atomic mass is 10.0. The number of nitrogens with zero attached hydrogens (tertiary/aromatic N) is 2. The Morgan fingerprint density at radius 1 is 0.822 bits per heavy atom. The Kier molecular flexibility index (Phi) is 11.7. The summed E-state index contributed by atoms with van der Waals surface area (Å²) in [4.78, 5) is 29.8. The van der Waals surface area contributed by atoms with Gasteiger partial charge in [0, 0.05) is 19.5 Å². The molecule has 10 heteroatoms. The lowest BCUT2D eigenvalue weighted by Gasteiger charge is -2.34. The van der Waals surface area contributed by atoms with Gasteiger partial charge in [-0.25, -0.2) is 8.42 Å². The summed E-state index contributed by atoms with van der Waals surface area (Å²) in [5.41, 5.74) is 3.48.